The summed E-state index contributed by atoms with van der Waals surface area (Å²) in [6.07, 6.45) is 0. The minimum absolute atomic E-state index is 0.197. The normalized spacial score (nSPS) is 24.8. The predicted octanol–water partition coefficient (Wildman–Crippen LogP) is 0.711. The predicted molar refractivity (Wildman–Crippen MR) is 49.3 cm³/mol. The monoisotopic (exact) mass is 177 g/mol. The van der Waals surface area contributed by atoms with Crippen molar-refractivity contribution < 1.29 is 0 Å². The van der Waals surface area contributed by atoms with E-state index >= 15 is 0 Å². The van der Waals surface area contributed by atoms with E-state index in [1.165, 1.54) is 0 Å². The van der Waals surface area contributed by atoms with E-state index < -0.39 is 0 Å². The minimum Gasteiger partial charge on any atom is -0.291 e. The van der Waals surface area contributed by atoms with Gasteiger partial charge >= 0.3 is 0 Å². The maximum Gasteiger partial charge on any atom is 0.142 e. The van der Waals surface area contributed by atoms with Gasteiger partial charge in [0, 0.05) is 0 Å². The van der Waals surface area contributed by atoms with Gasteiger partial charge in [-0.3, -0.25) is 9.91 Å². The Morgan fingerprint density at radius 2 is 2.50 bits per heavy atom. The summed E-state index contributed by atoms with van der Waals surface area (Å²) >= 11 is 5.92. The lowest BCUT2D eigenvalue weighted by Crippen LogP contribution is -2.30. The van der Waals surface area contributed by atoms with Crippen LogP contribution in [0.2, 0.25) is 0 Å². The van der Waals surface area contributed by atoms with Gasteiger partial charge in [-0.05, 0) is 14.1 Å². The van der Waals surface area contributed by atoms with Gasteiger partial charge in [-0.25, -0.2) is 0 Å². The first kappa shape index (κ1) is 8.23. The molecule has 0 aromatic carbocycles. The van der Waals surface area contributed by atoms with E-state index in [2.05, 4.69) is 22.6 Å². The second-order valence-electron chi connectivity index (χ2n) is 2.34. The van der Waals surface area contributed by atoms with Gasteiger partial charge in [0.1, 0.15) is 4.71 Å². The molecule has 0 aliphatic carbocycles. The van der Waals surface area contributed by atoms with E-state index in [1.54, 1.807) is 11.8 Å². The van der Waals surface area contributed by atoms with E-state index in [0.717, 1.165) is 6.67 Å². The summed E-state index contributed by atoms with van der Waals surface area (Å²) in [5.41, 5.74) is 1.82. The van der Waals surface area contributed by atoms with E-state index in [9.17, 15) is 0 Å². The second-order valence-corrected chi connectivity index (χ2v) is 4.11. The number of hydrogen-bond acceptors (Lipinski definition) is 5. The molecule has 58 valence electrons. The van der Waals surface area contributed by atoms with Crippen molar-refractivity contribution in [1.29, 1.82) is 0 Å². The Morgan fingerprint density at radius 1 is 1.80 bits per heavy atom. The fraction of sp³-hybridized carbons (Fsp3) is 0.800. The van der Waals surface area contributed by atoms with Gasteiger partial charge in [0.25, 0.3) is 0 Å². The molecule has 0 bridgehead atoms. The van der Waals surface area contributed by atoms with Crippen molar-refractivity contribution in [2.75, 3.05) is 20.8 Å². The largest absolute Gasteiger partial charge is 0.291 e. The van der Waals surface area contributed by atoms with Crippen LogP contribution < -0.4 is 0 Å². The fourth-order valence-corrected chi connectivity index (χ4v) is 1.51. The number of hydrazone groups is 1. The molecule has 0 fully saturated rings. The van der Waals surface area contributed by atoms with Crippen LogP contribution in [0.3, 0.4) is 0 Å². The third-order valence-electron chi connectivity index (χ3n) is 1.06. The molecule has 1 rings (SSSR count). The number of nitrogens with zero attached hydrogens (tertiary/aromatic N) is 3. The molecular formula is C5H11N3S2. The van der Waals surface area contributed by atoms with E-state index in [-0.39, 0.29) is 4.71 Å². The first-order valence-corrected chi connectivity index (χ1v) is 4.43. The quantitative estimate of drug-likeness (QED) is 0.627. The van der Waals surface area contributed by atoms with Crippen molar-refractivity contribution in [3.8, 4) is 0 Å². The van der Waals surface area contributed by atoms with Crippen LogP contribution in [0.15, 0.2) is 5.10 Å². The molecule has 1 atom stereocenters. The molecule has 0 saturated carbocycles. The molecule has 0 aromatic rings. The molecule has 0 aromatic heterocycles. The Balaban J connectivity index is 2.33. The van der Waals surface area contributed by atoms with Crippen LogP contribution in [-0.4, -0.2) is 40.9 Å². The minimum atomic E-state index is 0.197. The Bertz CT molecular complexity index is 137. The summed E-state index contributed by atoms with van der Waals surface area (Å²) in [5, 5.41) is 6.03. The zero-order valence-electron chi connectivity index (χ0n) is 6.06. The maximum atomic E-state index is 4.30. The van der Waals surface area contributed by atoms with Crippen molar-refractivity contribution in [2.24, 2.45) is 5.10 Å². The Hall–Kier alpha value is 0.130. The zero-order valence-corrected chi connectivity index (χ0v) is 7.77. The molecule has 1 aliphatic heterocycles. The number of rotatable bonds is 2. The van der Waals surface area contributed by atoms with Gasteiger partial charge in [0.05, 0.1) is 12.2 Å². The smallest absolute Gasteiger partial charge is 0.142 e. The molecule has 3 nitrogen and oxygen atoms in total. The van der Waals surface area contributed by atoms with Crippen LogP contribution in [0.25, 0.3) is 0 Å². The molecule has 1 aliphatic rings. The molecule has 0 radical (unpaired) electrons. The van der Waals surface area contributed by atoms with E-state index in [0.29, 0.717) is 0 Å². The second kappa shape index (κ2) is 3.50. The first-order chi connectivity index (χ1) is 4.70. The molecular weight excluding hydrogens is 166 g/mol. The van der Waals surface area contributed by atoms with Crippen molar-refractivity contribution in [3.05, 3.63) is 0 Å². The molecule has 5 heteroatoms. The van der Waals surface area contributed by atoms with Gasteiger partial charge < -0.3 is 0 Å². The van der Waals surface area contributed by atoms with Crippen molar-refractivity contribution in [3.63, 3.8) is 0 Å². The number of thioether (sulfide) groups is 1. The number of hydrogen-bond donors (Lipinski definition) is 1. The summed E-state index contributed by atoms with van der Waals surface area (Å²) in [4.78, 5) is 2.06. The zero-order chi connectivity index (χ0) is 7.56. The average Bonchev–Trinajstić information content (AvgIpc) is 2.15. The molecule has 0 spiro atoms. The highest BCUT2D eigenvalue weighted by atomic mass is 32.2. The lowest BCUT2D eigenvalue weighted by atomic mass is 10.8. The highest BCUT2D eigenvalue weighted by Gasteiger charge is 2.16. The summed E-state index contributed by atoms with van der Waals surface area (Å²) < 4.78 is 0.197. The molecule has 1 heterocycles. The van der Waals surface area contributed by atoms with Crippen molar-refractivity contribution >= 4 is 29.9 Å². The van der Waals surface area contributed by atoms with Crippen LogP contribution in [0, 0.1) is 0 Å². The summed E-state index contributed by atoms with van der Waals surface area (Å²) in [6, 6.07) is 0. The third kappa shape index (κ3) is 2.07. The van der Waals surface area contributed by atoms with Gasteiger partial charge in [-0.15, -0.1) is 12.6 Å². The van der Waals surface area contributed by atoms with Gasteiger partial charge in [-0.2, -0.15) is 5.10 Å². The first-order valence-electron chi connectivity index (χ1n) is 2.97. The number of thiol groups is 1. The third-order valence-corrected chi connectivity index (χ3v) is 2.40. The summed E-state index contributed by atoms with van der Waals surface area (Å²) in [5.74, 6) is 0. The van der Waals surface area contributed by atoms with Crippen LogP contribution in [-0.2, 0) is 0 Å². The Morgan fingerprint density at radius 3 is 2.90 bits per heavy atom. The van der Waals surface area contributed by atoms with E-state index in [1.807, 2.05) is 24.7 Å². The van der Waals surface area contributed by atoms with Crippen molar-refractivity contribution in [1.82, 2.24) is 9.91 Å². The standard InChI is InChI=1S/C5H11N3S2/c1-7(2)4-8-5(9)10-3-6-8/h3,5,9H,4H2,1-2H3. The molecule has 1 unspecified atom stereocenters. The van der Waals surface area contributed by atoms with E-state index in [4.69, 9.17) is 0 Å². The molecule has 0 saturated heterocycles. The summed E-state index contributed by atoms with van der Waals surface area (Å²) in [6.45, 7) is 0.831. The van der Waals surface area contributed by atoms with Crippen LogP contribution in [0.5, 0.6) is 0 Å². The molecule has 0 N–H and O–H groups in total. The SMILES string of the molecule is CN(C)CN1N=CSC1S. The van der Waals surface area contributed by atoms with Crippen molar-refractivity contribution in [2.45, 2.75) is 4.71 Å². The fourth-order valence-electron chi connectivity index (χ4n) is 0.666. The maximum absolute atomic E-state index is 4.30. The van der Waals surface area contributed by atoms with Crippen LogP contribution >= 0.6 is 24.4 Å². The van der Waals surface area contributed by atoms with Gasteiger partial charge in [-0.1, -0.05) is 11.8 Å². The van der Waals surface area contributed by atoms with Crippen LogP contribution in [0.1, 0.15) is 0 Å². The van der Waals surface area contributed by atoms with Gasteiger partial charge in [0.15, 0.2) is 0 Å². The lowest BCUT2D eigenvalue weighted by molar-refractivity contribution is 0.205. The highest BCUT2D eigenvalue weighted by molar-refractivity contribution is 8.19. The van der Waals surface area contributed by atoms with Crippen LogP contribution in [0.4, 0.5) is 0 Å². The lowest BCUT2D eigenvalue weighted by Gasteiger charge is -2.21. The summed E-state index contributed by atoms with van der Waals surface area (Å²) in [7, 11) is 4.03. The molecule has 0 amide bonds. The average molecular weight is 177 g/mol. The topological polar surface area (TPSA) is 18.8 Å². The highest BCUT2D eigenvalue weighted by Crippen LogP contribution is 2.22. The Labute approximate surface area is 70.9 Å². The van der Waals surface area contributed by atoms with Gasteiger partial charge in [0.2, 0.25) is 0 Å². The Kier molecular flexibility index (Phi) is 2.88. The molecule has 10 heavy (non-hydrogen) atoms.